The van der Waals surface area contributed by atoms with Crippen LogP contribution in [0.2, 0.25) is 0 Å². The molecule has 2 aromatic rings. The fourth-order valence-electron chi connectivity index (χ4n) is 2.20. The Kier molecular flexibility index (Phi) is 8.97. The number of rotatable bonds is 5. The Morgan fingerprint density at radius 3 is 2.43 bits per heavy atom. The largest absolute Gasteiger partial charge is 0.481 e. The molecule has 0 aliphatic rings. The topological polar surface area (TPSA) is 133 Å². The number of H-pyrrole nitrogens is 1. The number of hydrogen-bond acceptors (Lipinski definition) is 5. The molecule has 1 unspecified atom stereocenters. The van der Waals surface area contributed by atoms with Gasteiger partial charge in [0, 0.05) is 12.5 Å². The van der Waals surface area contributed by atoms with Crippen molar-refractivity contribution >= 4 is 18.0 Å². The lowest BCUT2D eigenvalue weighted by atomic mass is 10.1. The van der Waals surface area contributed by atoms with Crippen LogP contribution in [-0.4, -0.2) is 45.2 Å². The standard InChI is InChI=1S/C18H23FN4O3.C2H4O2/c1-11(22-15(24)10-21-17(25)26-18(2,3)4)16-20-9-14(23-16)12-7-5-6-8-13(12)19;1-2(3)4/h5-9,11H,10H2,1-4H3,(H,20,23)(H,21,25)(H,22,24);1H3,(H,3,4). The number of aromatic amines is 1. The van der Waals surface area contributed by atoms with Crippen molar-refractivity contribution in [2.45, 2.75) is 46.3 Å². The first-order valence-electron chi connectivity index (χ1n) is 9.14. The zero-order chi connectivity index (χ0) is 22.9. The van der Waals surface area contributed by atoms with E-state index in [2.05, 4.69) is 20.6 Å². The highest BCUT2D eigenvalue weighted by molar-refractivity contribution is 5.82. The lowest BCUT2D eigenvalue weighted by Gasteiger charge is -2.19. The fourth-order valence-corrected chi connectivity index (χ4v) is 2.20. The van der Waals surface area contributed by atoms with Crippen molar-refractivity contribution in [1.82, 2.24) is 20.6 Å². The van der Waals surface area contributed by atoms with Crippen LogP contribution in [0, 0.1) is 5.82 Å². The molecule has 164 valence electrons. The van der Waals surface area contributed by atoms with Gasteiger partial charge in [0.1, 0.15) is 23.8 Å². The number of hydrogen-bond donors (Lipinski definition) is 4. The molecule has 0 fully saturated rings. The van der Waals surface area contributed by atoms with Crippen LogP contribution in [0.4, 0.5) is 9.18 Å². The summed E-state index contributed by atoms with van der Waals surface area (Å²) in [5, 5.41) is 12.5. The second kappa shape index (κ2) is 10.9. The summed E-state index contributed by atoms with van der Waals surface area (Å²) in [6.45, 7) is 7.80. The Balaban J connectivity index is 0.00000103. The molecule has 0 saturated heterocycles. The first-order valence-corrected chi connectivity index (χ1v) is 9.14. The van der Waals surface area contributed by atoms with E-state index in [1.54, 1.807) is 45.9 Å². The number of halogens is 1. The quantitative estimate of drug-likeness (QED) is 0.585. The average molecular weight is 422 g/mol. The number of imidazole rings is 1. The zero-order valence-electron chi connectivity index (χ0n) is 17.6. The smallest absolute Gasteiger partial charge is 0.408 e. The molecular weight excluding hydrogens is 395 g/mol. The lowest BCUT2D eigenvalue weighted by Crippen LogP contribution is -2.40. The van der Waals surface area contributed by atoms with Crippen molar-refractivity contribution in [3.05, 3.63) is 42.1 Å². The fraction of sp³-hybridized carbons (Fsp3) is 0.400. The van der Waals surface area contributed by atoms with E-state index >= 15 is 0 Å². The summed E-state index contributed by atoms with van der Waals surface area (Å²) < 4.78 is 18.9. The second-order valence-electron chi connectivity index (χ2n) is 7.33. The maximum Gasteiger partial charge on any atom is 0.408 e. The normalized spacial score (nSPS) is 11.5. The maximum atomic E-state index is 13.8. The predicted octanol–water partition coefficient (Wildman–Crippen LogP) is 3.01. The minimum absolute atomic E-state index is 0.222. The van der Waals surface area contributed by atoms with Gasteiger partial charge < -0.3 is 25.5 Å². The van der Waals surface area contributed by atoms with E-state index in [9.17, 15) is 14.0 Å². The first kappa shape index (κ1) is 24.6. The van der Waals surface area contributed by atoms with Gasteiger partial charge in [0.15, 0.2) is 0 Å². The van der Waals surface area contributed by atoms with Crippen LogP contribution in [0.3, 0.4) is 0 Å². The molecule has 1 atom stereocenters. The minimum atomic E-state index is -0.833. The van der Waals surface area contributed by atoms with Crippen LogP contribution < -0.4 is 10.6 Å². The number of carboxylic acids is 1. The van der Waals surface area contributed by atoms with Crippen molar-refractivity contribution in [3.63, 3.8) is 0 Å². The van der Waals surface area contributed by atoms with E-state index < -0.39 is 29.6 Å². The molecule has 0 saturated carbocycles. The summed E-state index contributed by atoms with van der Waals surface area (Å²) in [5.41, 5.74) is 0.285. The summed E-state index contributed by atoms with van der Waals surface area (Å²) in [5.74, 6) is -1.11. The van der Waals surface area contributed by atoms with Crippen molar-refractivity contribution < 1.29 is 28.6 Å². The molecule has 2 rings (SSSR count). The van der Waals surface area contributed by atoms with Gasteiger partial charge in [-0.25, -0.2) is 14.2 Å². The van der Waals surface area contributed by atoms with Gasteiger partial charge >= 0.3 is 6.09 Å². The zero-order valence-corrected chi connectivity index (χ0v) is 17.6. The summed E-state index contributed by atoms with van der Waals surface area (Å²) in [7, 11) is 0. The molecule has 2 amide bonds. The van der Waals surface area contributed by atoms with E-state index in [0.717, 1.165) is 6.92 Å². The summed E-state index contributed by atoms with van der Waals surface area (Å²) in [6.07, 6.45) is 0.843. The highest BCUT2D eigenvalue weighted by atomic mass is 19.1. The van der Waals surface area contributed by atoms with Crippen molar-refractivity contribution in [3.8, 4) is 11.3 Å². The van der Waals surface area contributed by atoms with Gasteiger partial charge in [-0.05, 0) is 39.8 Å². The molecule has 1 aromatic carbocycles. The van der Waals surface area contributed by atoms with Crippen molar-refractivity contribution in [1.29, 1.82) is 0 Å². The minimum Gasteiger partial charge on any atom is -0.481 e. The lowest BCUT2D eigenvalue weighted by molar-refractivity contribution is -0.134. The molecule has 0 spiro atoms. The Bertz CT molecular complexity index is 872. The number of nitrogens with zero attached hydrogens (tertiary/aromatic N) is 1. The average Bonchev–Trinajstić information content (AvgIpc) is 3.08. The highest BCUT2D eigenvalue weighted by Crippen LogP contribution is 2.21. The van der Waals surface area contributed by atoms with Crippen LogP contribution in [0.15, 0.2) is 30.5 Å². The third kappa shape index (κ3) is 9.18. The number of carboxylic acid groups (broad SMARTS) is 1. The molecule has 1 aromatic heterocycles. The number of alkyl carbamates (subject to hydrolysis) is 1. The number of nitrogens with one attached hydrogen (secondary N) is 3. The van der Waals surface area contributed by atoms with E-state index in [0.29, 0.717) is 17.1 Å². The summed E-state index contributed by atoms with van der Waals surface area (Å²) in [6, 6.07) is 5.90. The van der Waals surface area contributed by atoms with Gasteiger partial charge in [-0.3, -0.25) is 9.59 Å². The molecule has 30 heavy (non-hydrogen) atoms. The summed E-state index contributed by atoms with van der Waals surface area (Å²) in [4.78, 5) is 39.7. The maximum absolute atomic E-state index is 13.8. The monoisotopic (exact) mass is 422 g/mol. The molecule has 9 nitrogen and oxygen atoms in total. The van der Waals surface area contributed by atoms with Gasteiger partial charge in [-0.15, -0.1) is 0 Å². The van der Waals surface area contributed by atoms with Crippen molar-refractivity contribution in [2.75, 3.05) is 6.54 Å². The van der Waals surface area contributed by atoms with Crippen LogP contribution in [0.25, 0.3) is 11.3 Å². The third-order valence-corrected chi connectivity index (χ3v) is 3.34. The van der Waals surface area contributed by atoms with Crippen molar-refractivity contribution in [2.24, 2.45) is 0 Å². The number of ether oxygens (including phenoxy) is 1. The van der Waals surface area contributed by atoms with Crippen LogP contribution in [0.5, 0.6) is 0 Å². The number of carbonyl (C=O) groups is 3. The highest BCUT2D eigenvalue weighted by Gasteiger charge is 2.18. The van der Waals surface area contributed by atoms with Crippen LogP contribution in [0.1, 0.15) is 46.5 Å². The van der Waals surface area contributed by atoms with Crippen LogP contribution in [-0.2, 0) is 14.3 Å². The van der Waals surface area contributed by atoms with E-state index in [1.807, 2.05) is 0 Å². The molecule has 0 aliphatic carbocycles. The Morgan fingerprint density at radius 1 is 1.27 bits per heavy atom. The number of carbonyl (C=O) groups excluding carboxylic acids is 2. The second-order valence-corrected chi connectivity index (χ2v) is 7.33. The van der Waals surface area contributed by atoms with Gasteiger partial charge in [0.2, 0.25) is 5.91 Å². The molecule has 1 heterocycles. The number of aromatic nitrogens is 2. The van der Waals surface area contributed by atoms with E-state index in [1.165, 1.54) is 12.3 Å². The van der Waals surface area contributed by atoms with Crippen LogP contribution >= 0.6 is 0 Å². The third-order valence-electron chi connectivity index (χ3n) is 3.34. The molecule has 0 aliphatic heterocycles. The number of benzene rings is 1. The number of aliphatic carboxylic acids is 1. The Labute approximate surface area is 174 Å². The summed E-state index contributed by atoms with van der Waals surface area (Å²) >= 11 is 0. The first-order chi connectivity index (χ1) is 13.9. The molecule has 0 radical (unpaired) electrons. The Morgan fingerprint density at radius 2 is 1.87 bits per heavy atom. The van der Waals surface area contributed by atoms with Gasteiger partial charge in [0.25, 0.3) is 5.97 Å². The molecular formula is C20H27FN4O5. The molecule has 4 N–H and O–H groups in total. The predicted molar refractivity (Wildman–Crippen MR) is 108 cm³/mol. The van der Waals surface area contributed by atoms with E-state index in [4.69, 9.17) is 14.6 Å². The molecule has 0 bridgehead atoms. The van der Waals surface area contributed by atoms with Gasteiger partial charge in [-0.2, -0.15) is 0 Å². The SMILES string of the molecule is CC(=O)O.CC(NC(=O)CNC(=O)OC(C)(C)C)c1ncc(-c2ccccc2F)[nH]1. The van der Waals surface area contributed by atoms with Gasteiger partial charge in [0.05, 0.1) is 17.9 Å². The van der Waals surface area contributed by atoms with Gasteiger partial charge in [-0.1, -0.05) is 12.1 Å². The Hall–Kier alpha value is -3.43. The van der Waals surface area contributed by atoms with E-state index in [-0.39, 0.29) is 12.4 Å². The molecule has 10 heteroatoms. The number of amides is 2.